The average molecular weight is 253 g/mol. The first-order chi connectivity index (χ1) is 9.24. The van der Waals surface area contributed by atoms with Crippen molar-refractivity contribution in [2.75, 3.05) is 11.4 Å². The van der Waals surface area contributed by atoms with Crippen molar-refractivity contribution in [3.05, 3.63) is 65.2 Å². The normalized spacial score (nSPS) is 13.4. The van der Waals surface area contributed by atoms with Crippen molar-refractivity contribution < 1.29 is 9.90 Å². The van der Waals surface area contributed by atoms with Gasteiger partial charge in [0.2, 0.25) is 0 Å². The van der Waals surface area contributed by atoms with Gasteiger partial charge in [-0.05, 0) is 35.7 Å². The van der Waals surface area contributed by atoms with Crippen LogP contribution in [-0.4, -0.2) is 17.6 Å². The van der Waals surface area contributed by atoms with Crippen LogP contribution in [0.1, 0.15) is 21.5 Å². The summed E-state index contributed by atoms with van der Waals surface area (Å²) in [6.07, 6.45) is 1.09. The zero-order chi connectivity index (χ0) is 13.2. The molecule has 96 valence electrons. The van der Waals surface area contributed by atoms with Crippen LogP contribution in [0.3, 0.4) is 0 Å². The SMILES string of the molecule is O=C(O)c1ccc(CN2CCc3ccccc32)cc1. The molecule has 0 aromatic heterocycles. The Hall–Kier alpha value is -2.29. The number of hydrogen-bond donors (Lipinski definition) is 1. The molecule has 1 N–H and O–H groups in total. The second-order valence-electron chi connectivity index (χ2n) is 4.80. The van der Waals surface area contributed by atoms with E-state index >= 15 is 0 Å². The van der Waals surface area contributed by atoms with Crippen molar-refractivity contribution >= 4 is 11.7 Å². The molecule has 0 bridgehead atoms. The molecule has 0 saturated carbocycles. The largest absolute Gasteiger partial charge is 0.478 e. The summed E-state index contributed by atoms with van der Waals surface area (Å²) < 4.78 is 0. The first kappa shape index (κ1) is 11.8. The van der Waals surface area contributed by atoms with Crippen LogP contribution in [0.2, 0.25) is 0 Å². The van der Waals surface area contributed by atoms with E-state index in [0.717, 1.165) is 25.1 Å². The molecule has 2 aromatic carbocycles. The van der Waals surface area contributed by atoms with Gasteiger partial charge >= 0.3 is 5.97 Å². The van der Waals surface area contributed by atoms with Crippen molar-refractivity contribution in [1.82, 2.24) is 0 Å². The van der Waals surface area contributed by atoms with Gasteiger partial charge in [-0.25, -0.2) is 4.79 Å². The molecule has 2 aromatic rings. The molecule has 0 radical (unpaired) electrons. The Labute approximate surface area is 112 Å². The molecular formula is C16H15NO2. The lowest BCUT2D eigenvalue weighted by Gasteiger charge is -2.19. The first-order valence-electron chi connectivity index (χ1n) is 6.39. The van der Waals surface area contributed by atoms with Crippen LogP contribution in [-0.2, 0) is 13.0 Å². The highest BCUT2D eigenvalue weighted by Gasteiger charge is 2.18. The lowest BCUT2D eigenvalue weighted by atomic mass is 10.1. The van der Waals surface area contributed by atoms with Gasteiger partial charge in [0.05, 0.1) is 5.56 Å². The Morgan fingerprint density at radius 3 is 2.58 bits per heavy atom. The van der Waals surface area contributed by atoms with E-state index in [1.54, 1.807) is 12.1 Å². The van der Waals surface area contributed by atoms with E-state index in [4.69, 9.17) is 5.11 Å². The van der Waals surface area contributed by atoms with Gasteiger partial charge in [0, 0.05) is 18.8 Å². The van der Waals surface area contributed by atoms with Crippen LogP contribution < -0.4 is 4.90 Å². The summed E-state index contributed by atoms with van der Waals surface area (Å²) in [4.78, 5) is 13.1. The fourth-order valence-corrected chi connectivity index (χ4v) is 2.54. The van der Waals surface area contributed by atoms with Gasteiger partial charge in [-0.3, -0.25) is 0 Å². The number of fused-ring (bicyclic) bond motifs is 1. The van der Waals surface area contributed by atoms with Gasteiger partial charge in [0.15, 0.2) is 0 Å². The number of aromatic carboxylic acids is 1. The Balaban J connectivity index is 1.78. The molecular weight excluding hydrogens is 238 g/mol. The molecule has 0 saturated heterocycles. The Morgan fingerprint density at radius 1 is 1.11 bits per heavy atom. The number of carbonyl (C=O) groups is 1. The van der Waals surface area contributed by atoms with E-state index in [-0.39, 0.29) is 0 Å². The van der Waals surface area contributed by atoms with E-state index < -0.39 is 5.97 Å². The lowest BCUT2D eigenvalue weighted by molar-refractivity contribution is 0.0697. The zero-order valence-corrected chi connectivity index (χ0v) is 10.5. The summed E-state index contributed by atoms with van der Waals surface area (Å²) >= 11 is 0. The number of benzene rings is 2. The third kappa shape index (κ3) is 2.32. The fraction of sp³-hybridized carbons (Fsp3) is 0.188. The highest BCUT2D eigenvalue weighted by atomic mass is 16.4. The zero-order valence-electron chi connectivity index (χ0n) is 10.5. The van der Waals surface area contributed by atoms with Crippen LogP contribution in [0, 0.1) is 0 Å². The summed E-state index contributed by atoms with van der Waals surface area (Å²) in [5.41, 5.74) is 4.17. The van der Waals surface area contributed by atoms with Crippen LogP contribution in [0.4, 0.5) is 5.69 Å². The first-order valence-corrected chi connectivity index (χ1v) is 6.39. The molecule has 1 aliphatic rings. The molecule has 0 unspecified atom stereocenters. The van der Waals surface area contributed by atoms with E-state index in [9.17, 15) is 4.79 Å². The van der Waals surface area contributed by atoms with Gasteiger partial charge in [-0.1, -0.05) is 30.3 Å². The molecule has 3 rings (SSSR count). The highest BCUT2D eigenvalue weighted by Crippen LogP contribution is 2.28. The number of nitrogens with zero attached hydrogens (tertiary/aromatic N) is 1. The third-order valence-corrected chi connectivity index (χ3v) is 3.56. The number of hydrogen-bond acceptors (Lipinski definition) is 2. The number of rotatable bonds is 3. The number of para-hydroxylation sites is 1. The standard InChI is InChI=1S/C16H15NO2/c18-16(19)14-7-5-12(6-8-14)11-17-10-9-13-3-1-2-4-15(13)17/h1-8H,9-11H2,(H,18,19). The van der Waals surface area contributed by atoms with Crippen molar-refractivity contribution in [3.8, 4) is 0 Å². The minimum Gasteiger partial charge on any atom is -0.478 e. The minimum atomic E-state index is -0.877. The molecule has 1 heterocycles. The Kier molecular flexibility index (Phi) is 2.95. The smallest absolute Gasteiger partial charge is 0.335 e. The average Bonchev–Trinajstić information content (AvgIpc) is 2.83. The van der Waals surface area contributed by atoms with E-state index in [0.29, 0.717) is 5.56 Å². The van der Waals surface area contributed by atoms with Gasteiger partial charge < -0.3 is 10.0 Å². The molecule has 0 spiro atoms. The van der Waals surface area contributed by atoms with Crippen LogP contribution in [0.15, 0.2) is 48.5 Å². The van der Waals surface area contributed by atoms with Gasteiger partial charge in [-0.2, -0.15) is 0 Å². The molecule has 0 aliphatic carbocycles. The molecule has 3 heteroatoms. The lowest BCUT2D eigenvalue weighted by Crippen LogP contribution is -2.19. The molecule has 19 heavy (non-hydrogen) atoms. The number of carboxylic acid groups (broad SMARTS) is 1. The van der Waals surface area contributed by atoms with E-state index in [2.05, 4.69) is 29.2 Å². The van der Waals surface area contributed by atoms with E-state index in [1.165, 1.54) is 11.3 Å². The van der Waals surface area contributed by atoms with Crippen LogP contribution in [0.25, 0.3) is 0 Å². The number of carboxylic acids is 1. The summed E-state index contributed by atoms with van der Waals surface area (Å²) in [5, 5.41) is 8.88. The van der Waals surface area contributed by atoms with Crippen LogP contribution >= 0.6 is 0 Å². The van der Waals surface area contributed by atoms with Gasteiger partial charge in [0.1, 0.15) is 0 Å². The van der Waals surface area contributed by atoms with Gasteiger partial charge in [0.25, 0.3) is 0 Å². The summed E-state index contributed by atoms with van der Waals surface area (Å²) in [5.74, 6) is -0.877. The van der Waals surface area contributed by atoms with Crippen molar-refractivity contribution in [3.63, 3.8) is 0 Å². The maximum Gasteiger partial charge on any atom is 0.335 e. The molecule has 0 fully saturated rings. The third-order valence-electron chi connectivity index (χ3n) is 3.56. The summed E-state index contributed by atoms with van der Waals surface area (Å²) in [6.45, 7) is 1.86. The monoisotopic (exact) mass is 253 g/mol. The summed E-state index contributed by atoms with van der Waals surface area (Å²) in [7, 11) is 0. The maximum absolute atomic E-state index is 10.8. The molecule has 3 nitrogen and oxygen atoms in total. The van der Waals surface area contributed by atoms with Crippen molar-refractivity contribution in [1.29, 1.82) is 0 Å². The second-order valence-corrected chi connectivity index (χ2v) is 4.80. The predicted octanol–water partition coefficient (Wildman–Crippen LogP) is 2.95. The fourth-order valence-electron chi connectivity index (χ4n) is 2.54. The molecule has 0 amide bonds. The summed E-state index contributed by atoms with van der Waals surface area (Å²) in [6, 6.07) is 15.6. The Morgan fingerprint density at radius 2 is 1.84 bits per heavy atom. The van der Waals surface area contributed by atoms with Crippen molar-refractivity contribution in [2.45, 2.75) is 13.0 Å². The topological polar surface area (TPSA) is 40.5 Å². The highest BCUT2D eigenvalue weighted by molar-refractivity contribution is 5.87. The quantitative estimate of drug-likeness (QED) is 0.914. The Bertz CT molecular complexity index is 604. The predicted molar refractivity (Wildman–Crippen MR) is 74.6 cm³/mol. The molecule has 0 atom stereocenters. The van der Waals surface area contributed by atoms with E-state index in [1.807, 2.05) is 12.1 Å². The minimum absolute atomic E-state index is 0.338. The number of anilines is 1. The van der Waals surface area contributed by atoms with Crippen LogP contribution in [0.5, 0.6) is 0 Å². The van der Waals surface area contributed by atoms with Crippen molar-refractivity contribution in [2.24, 2.45) is 0 Å². The van der Waals surface area contributed by atoms with Gasteiger partial charge in [-0.15, -0.1) is 0 Å². The second kappa shape index (κ2) is 4.76. The molecule has 1 aliphatic heterocycles. The maximum atomic E-state index is 10.8.